The first-order valence-electron chi connectivity index (χ1n) is 9.48. The molecule has 2 amide bonds. The molecule has 3 rings (SSSR count). The van der Waals surface area contributed by atoms with Crippen molar-refractivity contribution in [1.29, 1.82) is 0 Å². The van der Waals surface area contributed by atoms with Crippen molar-refractivity contribution in [1.82, 2.24) is 20.2 Å². The Labute approximate surface area is 164 Å². The van der Waals surface area contributed by atoms with Crippen LogP contribution in [0.15, 0.2) is 42.7 Å². The quantitative estimate of drug-likeness (QED) is 0.817. The molecule has 2 heterocycles. The second kappa shape index (κ2) is 9.68. The van der Waals surface area contributed by atoms with Crippen molar-refractivity contribution in [3.63, 3.8) is 0 Å². The number of nitrogens with zero attached hydrogens (tertiary/aromatic N) is 4. The molecular formula is C20H25N5O3. The molecule has 1 aromatic carbocycles. The second-order valence-electron chi connectivity index (χ2n) is 6.43. The van der Waals surface area contributed by atoms with Crippen LogP contribution < -0.4 is 10.2 Å². The third-order valence-corrected chi connectivity index (χ3v) is 4.56. The highest BCUT2D eigenvalue weighted by Crippen LogP contribution is 2.14. The summed E-state index contributed by atoms with van der Waals surface area (Å²) >= 11 is 0. The fraction of sp³-hybridized carbons (Fsp3) is 0.400. The first-order valence-corrected chi connectivity index (χ1v) is 9.48. The molecule has 8 heteroatoms. The molecule has 1 N–H and O–H groups in total. The standard InChI is InChI=1S/C20H25N5O3/c1-2-28-20(27)25-12-10-24(11-13-25)18-14-17(22-15-23-18)19(26)21-9-8-16-6-4-3-5-7-16/h3-7,14-15H,2,8-13H2,1H3,(H,21,26). The molecule has 28 heavy (non-hydrogen) atoms. The Morgan fingerprint density at radius 3 is 2.57 bits per heavy atom. The zero-order valence-electron chi connectivity index (χ0n) is 16.0. The van der Waals surface area contributed by atoms with Crippen LogP contribution in [0.3, 0.4) is 0 Å². The number of carbonyl (C=O) groups excluding carboxylic acids is 2. The zero-order valence-corrected chi connectivity index (χ0v) is 16.0. The van der Waals surface area contributed by atoms with Gasteiger partial charge in [-0.25, -0.2) is 14.8 Å². The highest BCUT2D eigenvalue weighted by atomic mass is 16.6. The van der Waals surface area contributed by atoms with Crippen LogP contribution in [0.1, 0.15) is 23.0 Å². The van der Waals surface area contributed by atoms with E-state index in [1.165, 1.54) is 11.9 Å². The summed E-state index contributed by atoms with van der Waals surface area (Å²) < 4.78 is 5.03. The van der Waals surface area contributed by atoms with E-state index in [-0.39, 0.29) is 12.0 Å². The molecule has 0 unspecified atom stereocenters. The lowest BCUT2D eigenvalue weighted by atomic mass is 10.1. The molecule has 0 aliphatic carbocycles. The Morgan fingerprint density at radius 2 is 1.86 bits per heavy atom. The summed E-state index contributed by atoms with van der Waals surface area (Å²) in [5.41, 5.74) is 1.51. The van der Waals surface area contributed by atoms with Crippen LogP contribution in [0, 0.1) is 0 Å². The van der Waals surface area contributed by atoms with Gasteiger partial charge in [-0.15, -0.1) is 0 Å². The van der Waals surface area contributed by atoms with Crippen LogP contribution >= 0.6 is 0 Å². The van der Waals surface area contributed by atoms with E-state index >= 15 is 0 Å². The van der Waals surface area contributed by atoms with Gasteiger partial charge in [0.05, 0.1) is 6.61 Å². The average molecular weight is 383 g/mol. The summed E-state index contributed by atoms with van der Waals surface area (Å²) in [4.78, 5) is 36.3. The average Bonchev–Trinajstić information content (AvgIpc) is 2.75. The van der Waals surface area contributed by atoms with Gasteiger partial charge in [0.15, 0.2) is 0 Å². The van der Waals surface area contributed by atoms with Gasteiger partial charge in [0, 0.05) is 38.8 Å². The van der Waals surface area contributed by atoms with Crippen molar-refractivity contribution in [3.05, 3.63) is 54.0 Å². The first-order chi connectivity index (χ1) is 13.7. The predicted molar refractivity (Wildman–Crippen MR) is 105 cm³/mol. The largest absolute Gasteiger partial charge is 0.450 e. The van der Waals surface area contributed by atoms with Gasteiger partial charge in [0.2, 0.25) is 0 Å². The van der Waals surface area contributed by atoms with Gasteiger partial charge in [0.1, 0.15) is 17.8 Å². The number of carbonyl (C=O) groups is 2. The van der Waals surface area contributed by atoms with Crippen molar-refractivity contribution in [3.8, 4) is 0 Å². The first kappa shape index (κ1) is 19.6. The monoisotopic (exact) mass is 383 g/mol. The molecule has 8 nitrogen and oxygen atoms in total. The molecule has 1 aliphatic rings. The molecule has 2 aromatic rings. The summed E-state index contributed by atoms with van der Waals surface area (Å²) in [6.07, 6.45) is 1.88. The van der Waals surface area contributed by atoms with E-state index in [9.17, 15) is 9.59 Å². The number of nitrogens with one attached hydrogen (secondary N) is 1. The number of piperazine rings is 1. The van der Waals surface area contributed by atoms with Crippen LogP contribution in [0.5, 0.6) is 0 Å². The highest BCUT2D eigenvalue weighted by Gasteiger charge is 2.23. The molecule has 1 saturated heterocycles. The molecule has 0 radical (unpaired) electrons. The fourth-order valence-electron chi connectivity index (χ4n) is 3.03. The maximum Gasteiger partial charge on any atom is 0.409 e. The maximum absolute atomic E-state index is 12.4. The van der Waals surface area contributed by atoms with Gasteiger partial charge in [-0.05, 0) is 18.9 Å². The fourth-order valence-corrected chi connectivity index (χ4v) is 3.03. The van der Waals surface area contributed by atoms with Crippen molar-refractivity contribution in [2.75, 3.05) is 44.2 Å². The number of amides is 2. The van der Waals surface area contributed by atoms with Gasteiger partial charge >= 0.3 is 6.09 Å². The van der Waals surface area contributed by atoms with Crippen molar-refractivity contribution in [2.24, 2.45) is 0 Å². The molecule has 148 valence electrons. The molecule has 1 aromatic heterocycles. The van der Waals surface area contributed by atoms with Gasteiger partial charge < -0.3 is 19.9 Å². The lowest BCUT2D eigenvalue weighted by Crippen LogP contribution is -2.49. The van der Waals surface area contributed by atoms with E-state index in [0.29, 0.717) is 50.8 Å². The SMILES string of the molecule is CCOC(=O)N1CCN(c2cc(C(=O)NCCc3ccccc3)ncn2)CC1. The summed E-state index contributed by atoms with van der Waals surface area (Å²) in [5, 5.41) is 2.90. The zero-order chi connectivity index (χ0) is 19.8. The van der Waals surface area contributed by atoms with E-state index in [2.05, 4.69) is 15.3 Å². The molecule has 0 atom stereocenters. The van der Waals surface area contributed by atoms with E-state index in [1.807, 2.05) is 35.2 Å². The number of anilines is 1. The number of hydrogen-bond donors (Lipinski definition) is 1. The topological polar surface area (TPSA) is 87.7 Å². The minimum atomic E-state index is -0.289. The molecule has 1 fully saturated rings. The minimum Gasteiger partial charge on any atom is -0.450 e. The normalized spacial score (nSPS) is 13.9. The van der Waals surface area contributed by atoms with Gasteiger partial charge in [-0.1, -0.05) is 30.3 Å². The smallest absolute Gasteiger partial charge is 0.409 e. The van der Waals surface area contributed by atoms with Crippen LogP contribution in [-0.4, -0.2) is 66.2 Å². The Kier molecular flexibility index (Phi) is 6.78. The van der Waals surface area contributed by atoms with Crippen LogP contribution in [0.2, 0.25) is 0 Å². The molecular weight excluding hydrogens is 358 g/mol. The Morgan fingerprint density at radius 1 is 1.11 bits per heavy atom. The number of hydrogen-bond acceptors (Lipinski definition) is 6. The number of benzene rings is 1. The van der Waals surface area contributed by atoms with Crippen molar-refractivity contribution >= 4 is 17.8 Å². The lowest BCUT2D eigenvalue weighted by Gasteiger charge is -2.34. The molecule has 0 spiro atoms. The summed E-state index contributed by atoms with van der Waals surface area (Å²) in [5.74, 6) is 0.469. The van der Waals surface area contributed by atoms with Crippen LogP contribution in [0.4, 0.5) is 10.6 Å². The second-order valence-corrected chi connectivity index (χ2v) is 6.43. The van der Waals surface area contributed by atoms with Gasteiger partial charge in [0.25, 0.3) is 5.91 Å². The van der Waals surface area contributed by atoms with Crippen molar-refractivity contribution < 1.29 is 14.3 Å². The van der Waals surface area contributed by atoms with Gasteiger partial charge in [-0.3, -0.25) is 4.79 Å². The van der Waals surface area contributed by atoms with E-state index < -0.39 is 0 Å². The van der Waals surface area contributed by atoms with Crippen molar-refractivity contribution in [2.45, 2.75) is 13.3 Å². The van der Waals surface area contributed by atoms with E-state index in [4.69, 9.17) is 4.74 Å². The Bertz CT molecular complexity index is 791. The lowest BCUT2D eigenvalue weighted by molar-refractivity contribution is 0.0948. The Hall–Kier alpha value is -3.16. The predicted octanol–water partition coefficient (Wildman–Crippen LogP) is 1.73. The Balaban J connectivity index is 1.52. The third kappa shape index (κ3) is 5.18. The maximum atomic E-state index is 12.4. The number of ether oxygens (including phenoxy) is 1. The third-order valence-electron chi connectivity index (χ3n) is 4.56. The molecule has 1 aliphatic heterocycles. The molecule has 0 bridgehead atoms. The van der Waals surface area contributed by atoms with E-state index in [1.54, 1.807) is 17.9 Å². The number of rotatable bonds is 6. The summed E-state index contributed by atoms with van der Waals surface area (Å²) in [7, 11) is 0. The minimum absolute atomic E-state index is 0.218. The molecule has 0 saturated carbocycles. The highest BCUT2D eigenvalue weighted by molar-refractivity contribution is 5.92. The van der Waals surface area contributed by atoms with E-state index in [0.717, 1.165) is 6.42 Å². The summed E-state index contributed by atoms with van der Waals surface area (Å²) in [6, 6.07) is 11.7. The number of aromatic nitrogens is 2. The van der Waals surface area contributed by atoms with Crippen LogP contribution in [0.25, 0.3) is 0 Å². The van der Waals surface area contributed by atoms with Crippen LogP contribution in [-0.2, 0) is 11.2 Å². The van der Waals surface area contributed by atoms with Gasteiger partial charge in [-0.2, -0.15) is 0 Å². The summed E-state index contributed by atoms with van der Waals surface area (Å²) in [6.45, 7) is 5.08.